The van der Waals surface area contributed by atoms with Crippen LogP contribution in [0, 0.1) is 5.82 Å². The highest BCUT2D eigenvalue weighted by Gasteiger charge is 2.12. The first kappa shape index (κ1) is 19.6. The van der Waals surface area contributed by atoms with Crippen LogP contribution in [-0.4, -0.2) is 17.2 Å². The van der Waals surface area contributed by atoms with Crippen LogP contribution in [0.5, 0.6) is 0 Å². The van der Waals surface area contributed by atoms with Gasteiger partial charge in [-0.15, -0.1) is 0 Å². The van der Waals surface area contributed by atoms with Gasteiger partial charge in [0.15, 0.2) is 0 Å². The summed E-state index contributed by atoms with van der Waals surface area (Å²) in [5.41, 5.74) is 0.912. The fourth-order valence-corrected chi connectivity index (χ4v) is 2.54. The Bertz CT molecular complexity index is 431. The van der Waals surface area contributed by atoms with Crippen molar-refractivity contribution in [2.45, 2.75) is 77.4 Å². The number of hydrogen-bond donors (Lipinski definition) is 1. The van der Waals surface area contributed by atoms with Gasteiger partial charge in [-0.25, -0.2) is 4.39 Å². The molecule has 0 radical (unpaired) electrons. The van der Waals surface area contributed by atoms with Gasteiger partial charge in [0.1, 0.15) is 5.82 Å². The first-order valence-corrected chi connectivity index (χ1v) is 8.69. The average molecular weight is 324 g/mol. The van der Waals surface area contributed by atoms with Crippen molar-refractivity contribution in [2.75, 3.05) is 0 Å². The number of ether oxygens (including phenoxy) is 1. The van der Waals surface area contributed by atoms with Crippen LogP contribution in [0.2, 0.25) is 0 Å². The van der Waals surface area contributed by atoms with Crippen LogP contribution in [-0.2, 0) is 16.1 Å². The topological polar surface area (TPSA) is 46.5 Å². The van der Waals surface area contributed by atoms with Gasteiger partial charge < -0.3 is 9.84 Å². The monoisotopic (exact) mass is 324 g/mol. The molecule has 0 saturated heterocycles. The highest BCUT2D eigenvalue weighted by Crippen LogP contribution is 2.16. The first-order valence-electron chi connectivity index (χ1n) is 8.69. The minimum atomic E-state index is -0.789. The molecule has 3 nitrogen and oxygen atoms in total. The maximum Gasteiger partial charge on any atom is 0.303 e. The zero-order chi connectivity index (χ0) is 16.9. The molecule has 4 heteroatoms. The molecule has 0 aromatic heterocycles. The number of unbranched alkanes of at least 4 members (excludes halogenated alkanes) is 5. The number of carbonyl (C=O) groups is 1. The molecule has 0 aliphatic rings. The Balaban J connectivity index is 2.32. The highest BCUT2D eigenvalue weighted by molar-refractivity contribution is 5.66. The second-order valence-electron chi connectivity index (χ2n) is 6.05. The zero-order valence-electron chi connectivity index (χ0n) is 14.1. The summed E-state index contributed by atoms with van der Waals surface area (Å²) in [6.07, 6.45) is 8.77. The van der Waals surface area contributed by atoms with Crippen LogP contribution < -0.4 is 0 Å². The second-order valence-corrected chi connectivity index (χ2v) is 6.05. The maximum atomic E-state index is 12.9. The lowest BCUT2D eigenvalue weighted by Gasteiger charge is -2.17. The van der Waals surface area contributed by atoms with E-state index in [1.807, 2.05) is 0 Å². The lowest BCUT2D eigenvalue weighted by atomic mass is 10.0. The molecular weight excluding hydrogens is 295 g/mol. The Hall–Kier alpha value is -1.42. The fourth-order valence-electron chi connectivity index (χ4n) is 2.54. The molecule has 1 rings (SSSR count). The average Bonchev–Trinajstić information content (AvgIpc) is 2.54. The van der Waals surface area contributed by atoms with E-state index in [1.54, 1.807) is 12.1 Å². The highest BCUT2D eigenvalue weighted by atomic mass is 19.1. The normalized spacial score (nSPS) is 12.3. The van der Waals surface area contributed by atoms with E-state index in [-0.39, 0.29) is 18.3 Å². The van der Waals surface area contributed by atoms with Gasteiger partial charge >= 0.3 is 5.97 Å². The predicted molar refractivity (Wildman–Crippen MR) is 89.8 cm³/mol. The molecule has 0 fully saturated rings. The van der Waals surface area contributed by atoms with Crippen molar-refractivity contribution in [3.05, 3.63) is 35.6 Å². The molecule has 0 heterocycles. The summed E-state index contributed by atoms with van der Waals surface area (Å²) in [4.78, 5) is 10.8. The quantitative estimate of drug-likeness (QED) is 0.499. The molecule has 130 valence electrons. The van der Waals surface area contributed by atoms with Crippen LogP contribution in [0.25, 0.3) is 0 Å². The third-order valence-corrected chi connectivity index (χ3v) is 3.96. The van der Waals surface area contributed by atoms with E-state index in [2.05, 4.69) is 6.92 Å². The molecule has 0 amide bonds. The number of benzene rings is 1. The largest absolute Gasteiger partial charge is 0.481 e. The van der Waals surface area contributed by atoms with Crippen LogP contribution >= 0.6 is 0 Å². The van der Waals surface area contributed by atoms with Crippen molar-refractivity contribution in [3.63, 3.8) is 0 Å². The van der Waals surface area contributed by atoms with Crippen LogP contribution in [0.4, 0.5) is 4.39 Å². The minimum absolute atomic E-state index is 0.0395. The molecule has 1 N–H and O–H groups in total. The third-order valence-electron chi connectivity index (χ3n) is 3.96. The van der Waals surface area contributed by atoms with Crippen molar-refractivity contribution in [3.8, 4) is 0 Å². The standard InChI is InChI=1S/C19H29FO3/c1-2-3-4-5-6-7-8-18(13-14-19(21)22)23-15-16-9-11-17(20)12-10-16/h9-12,18H,2-8,13-15H2,1H3,(H,21,22). The smallest absolute Gasteiger partial charge is 0.303 e. The van der Waals surface area contributed by atoms with Crippen molar-refractivity contribution in [1.82, 2.24) is 0 Å². The van der Waals surface area contributed by atoms with Crippen molar-refractivity contribution in [2.24, 2.45) is 0 Å². The Morgan fingerprint density at radius 2 is 1.74 bits per heavy atom. The Kier molecular flexibility index (Phi) is 10.3. The number of rotatable bonds is 13. The molecule has 0 aliphatic heterocycles. The Morgan fingerprint density at radius 1 is 1.09 bits per heavy atom. The zero-order valence-corrected chi connectivity index (χ0v) is 14.1. The predicted octanol–water partition coefficient (Wildman–Crippen LogP) is 5.33. The summed E-state index contributed by atoms with van der Waals surface area (Å²) in [6.45, 7) is 2.60. The van der Waals surface area contributed by atoms with E-state index < -0.39 is 5.97 Å². The summed E-state index contributed by atoms with van der Waals surface area (Å²) >= 11 is 0. The summed E-state index contributed by atoms with van der Waals surface area (Å²) in [5, 5.41) is 8.85. The number of carboxylic acid groups (broad SMARTS) is 1. The molecule has 1 aromatic rings. The minimum Gasteiger partial charge on any atom is -0.481 e. The molecule has 0 bridgehead atoms. The SMILES string of the molecule is CCCCCCCCC(CCC(=O)O)OCc1ccc(F)cc1. The number of aliphatic carboxylic acids is 1. The first-order chi connectivity index (χ1) is 11.1. The maximum absolute atomic E-state index is 12.9. The lowest BCUT2D eigenvalue weighted by molar-refractivity contribution is -0.138. The molecule has 1 unspecified atom stereocenters. The number of halogens is 1. The van der Waals surface area contributed by atoms with Gasteiger partial charge in [-0.3, -0.25) is 4.79 Å². The van der Waals surface area contributed by atoms with Crippen molar-refractivity contribution in [1.29, 1.82) is 0 Å². The van der Waals surface area contributed by atoms with Gasteiger partial charge in [0.05, 0.1) is 12.7 Å². The van der Waals surface area contributed by atoms with Gasteiger partial charge in [0.25, 0.3) is 0 Å². The van der Waals surface area contributed by atoms with Crippen LogP contribution in [0.15, 0.2) is 24.3 Å². The van der Waals surface area contributed by atoms with Gasteiger partial charge in [-0.2, -0.15) is 0 Å². The van der Waals surface area contributed by atoms with Gasteiger partial charge in [-0.1, -0.05) is 57.6 Å². The molecule has 0 aliphatic carbocycles. The third kappa shape index (κ3) is 10.1. The summed E-state index contributed by atoms with van der Waals surface area (Å²) in [7, 11) is 0. The Labute approximate surface area is 138 Å². The van der Waals surface area contributed by atoms with Crippen LogP contribution in [0.3, 0.4) is 0 Å². The van der Waals surface area contributed by atoms with Crippen molar-refractivity contribution < 1.29 is 19.0 Å². The molecule has 1 atom stereocenters. The molecule has 0 saturated carbocycles. The number of carboxylic acids is 1. The van der Waals surface area contributed by atoms with Gasteiger partial charge in [0, 0.05) is 6.42 Å². The van der Waals surface area contributed by atoms with Gasteiger partial charge in [0.2, 0.25) is 0 Å². The summed E-state index contributed by atoms with van der Waals surface area (Å²) < 4.78 is 18.7. The fraction of sp³-hybridized carbons (Fsp3) is 0.632. The van der Waals surface area contributed by atoms with Gasteiger partial charge in [-0.05, 0) is 30.5 Å². The van der Waals surface area contributed by atoms with E-state index in [4.69, 9.17) is 9.84 Å². The molecule has 23 heavy (non-hydrogen) atoms. The van der Waals surface area contributed by atoms with E-state index in [9.17, 15) is 9.18 Å². The van der Waals surface area contributed by atoms with Crippen LogP contribution in [0.1, 0.15) is 70.3 Å². The van der Waals surface area contributed by atoms with E-state index in [0.717, 1.165) is 18.4 Å². The summed E-state index contributed by atoms with van der Waals surface area (Å²) in [6, 6.07) is 6.24. The van der Waals surface area contributed by atoms with E-state index >= 15 is 0 Å². The van der Waals surface area contributed by atoms with E-state index in [0.29, 0.717) is 13.0 Å². The molecule has 1 aromatic carbocycles. The molecule has 0 spiro atoms. The number of hydrogen-bond acceptors (Lipinski definition) is 2. The molecular formula is C19H29FO3. The second kappa shape index (κ2) is 12.1. The van der Waals surface area contributed by atoms with Crippen molar-refractivity contribution >= 4 is 5.97 Å². The summed E-state index contributed by atoms with van der Waals surface area (Å²) in [5.74, 6) is -1.05. The lowest BCUT2D eigenvalue weighted by Crippen LogP contribution is -2.15. The van der Waals surface area contributed by atoms with E-state index in [1.165, 1.54) is 44.2 Å². The Morgan fingerprint density at radius 3 is 2.39 bits per heavy atom.